The summed E-state index contributed by atoms with van der Waals surface area (Å²) >= 11 is 5.18. The van der Waals surface area contributed by atoms with Gasteiger partial charge in [0.25, 0.3) is 0 Å². The molecule has 1 heterocycles. The fourth-order valence-corrected chi connectivity index (χ4v) is 3.60. The quantitative estimate of drug-likeness (QED) is 0.824. The van der Waals surface area contributed by atoms with Crippen LogP contribution in [0.1, 0.15) is 17.2 Å². The van der Waals surface area contributed by atoms with Gasteiger partial charge in [0.15, 0.2) is 0 Å². The molecule has 2 nitrogen and oxygen atoms in total. The molecule has 1 amide bonds. The summed E-state index contributed by atoms with van der Waals surface area (Å²) in [6.45, 7) is 0. The van der Waals surface area contributed by atoms with Gasteiger partial charge in [-0.15, -0.1) is 11.8 Å². The van der Waals surface area contributed by atoms with Crippen molar-refractivity contribution in [1.29, 1.82) is 0 Å². The number of benzene rings is 2. The van der Waals surface area contributed by atoms with Gasteiger partial charge in [-0.2, -0.15) is 0 Å². The topological polar surface area (TPSA) is 29.1 Å². The van der Waals surface area contributed by atoms with Gasteiger partial charge < -0.3 is 5.32 Å². The monoisotopic (exact) mass is 333 g/mol. The van der Waals surface area contributed by atoms with Crippen LogP contribution in [0.25, 0.3) is 0 Å². The lowest BCUT2D eigenvalue weighted by atomic mass is 10.1. The molecule has 0 aliphatic carbocycles. The van der Waals surface area contributed by atoms with Gasteiger partial charge in [-0.1, -0.05) is 40.2 Å². The molecule has 0 radical (unpaired) electrons. The smallest absolute Gasteiger partial charge is 0.225 e. The Morgan fingerprint density at radius 2 is 1.84 bits per heavy atom. The first kappa shape index (κ1) is 12.8. The Kier molecular flexibility index (Phi) is 3.62. The zero-order valence-electron chi connectivity index (χ0n) is 10.1. The number of carbonyl (C=O) groups is 1. The molecule has 0 saturated heterocycles. The molecule has 1 atom stereocenters. The summed E-state index contributed by atoms with van der Waals surface area (Å²) in [6.07, 6.45) is 0.501. The molecule has 2 aromatic rings. The van der Waals surface area contributed by atoms with Gasteiger partial charge in [-0.25, -0.2) is 0 Å². The fraction of sp³-hybridized carbons (Fsp3) is 0.133. The summed E-state index contributed by atoms with van der Waals surface area (Å²) in [7, 11) is 0. The van der Waals surface area contributed by atoms with Crippen molar-refractivity contribution in [2.45, 2.75) is 16.6 Å². The Morgan fingerprint density at radius 1 is 1.11 bits per heavy atom. The summed E-state index contributed by atoms with van der Waals surface area (Å²) in [4.78, 5) is 13.1. The Balaban J connectivity index is 1.95. The van der Waals surface area contributed by atoms with Gasteiger partial charge in [0.1, 0.15) is 0 Å². The first-order valence-electron chi connectivity index (χ1n) is 6.03. The summed E-state index contributed by atoms with van der Waals surface area (Å²) in [5.41, 5.74) is 2.09. The Morgan fingerprint density at radius 3 is 2.63 bits per heavy atom. The highest BCUT2D eigenvalue weighted by molar-refractivity contribution is 9.10. The first-order valence-corrected chi connectivity index (χ1v) is 7.70. The maximum Gasteiger partial charge on any atom is 0.225 e. The van der Waals surface area contributed by atoms with Gasteiger partial charge in [-0.3, -0.25) is 4.79 Å². The number of anilines is 1. The van der Waals surface area contributed by atoms with Crippen LogP contribution < -0.4 is 5.32 Å². The van der Waals surface area contributed by atoms with Crippen molar-refractivity contribution in [3.8, 4) is 0 Å². The maximum absolute atomic E-state index is 12.0. The minimum absolute atomic E-state index is 0.0744. The van der Waals surface area contributed by atoms with Gasteiger partial charge in [-0.05, 0) is 29.8 Å². The molecule has 19 heavy (non-hydrogen) atoms. The first-order chi connectivity index (χ1) is 9.22. The van der Waals surface area contributed by atoms with E-state index in [2.05, 4.69) is 39.4 Å². The number of nitrogens with one attached hydrogen (secondary N) is 1. The molecule has 0 bridgehead atoms. The van der Waals surface area contributed by atoms with Crippen LogP contribution in [-0.4, -0.2) is 5.91 Å². The van der Waals surface area contributed by atoms with Gasteiger partial charge >= 0.3 is 0 Å². The summed E-state index contributed by atoms with van der Waals surface area (Å²) in [5.74, 6) is 0.0744. The SMILES string of the molecule is O=C1CC(c2ccc(Br)cc2)Sc2ccccc2N1. The van der Waals surface area contributed by atoms with Crippen LogP contribution in [0.15, 0.2) is 57.9 Å². The third-order valence-electron chi connectivity index (χ3n) is 3.04. The van der Waals surface area contributed by atoms with E-state index in [1.54, 1.807) is 11.8 Å². The van der Waals surface area contributed by atoms with Crippen LogP contribution in [0.3, 0.4) is 0 Å². The molecular weight excluding hydrogens is 322 g/mol. The molecule has 1 unspecified atom stereocenters. The lowest BCUT2D eigenvalue weighted by Gasteiger charge is -2.13. The highest BCUT2D eigenvalue weighted by Gasteiger charge is 2.23. The van der Waals surface area contributed by atoms with E-state index in [4.69, 9.17) is 0 Å². The Hall–Kier alpha value is -1.26. The number of hydrogen-bond donors (Lipinski definition) is 1. The molecule has 0 fully saturated rings. The molecular formula is C15H12BrNOS. The lowest BCUT2D eigenvalue weighted by Crippen LogP contribution is -2.11. The molecule has 2 aromatic carbocycles. The normalized spacial score (nSPS) is 18.4. The molecule has 1 aliphatic heterocycles. The van der Waals surface area contributed by atoms with E-state index in [0.29, 0.717) is 6.42 Å². The second-order valence-corrected chi connectivity index (χ2v) is 6.57. The van der Waals surface area contributed by atoms with Crippen LogP contribution in [0.4, 0.5) is 5.69 Å². The molecule has 96 valence electrons. The molecule has 3 rings (SSSR count). The minimum Gasteiger partial charge on any atom is -0.325 e. The summed E-state index contributed by atoms with van der Waals surface area (Å²) in [5, 5.41) is 3.13. The van der Waals surface area contributed by atoms with Crippen molar-refractivity contribution in [2.24, 2.45) is 0 Å². The largest absolute Gasteiger partial charge is 0.325 e. The van der Waals surface area contributed by atoms with E-state index in [1.807, 2.05) is 30.3 Å². The predicted molar refractivity (Wildman–Crippen MR) is 82.4 cm³/mol. The number of amides is 1. The average molecular weight is 334 g/mol. The number of hydrogen-bond acceptors (Lipinski definition) is 2. The number of para-hydroxylation sites is 1. The Bertz CT molecular complexity index is 612. The van der Waals surface area contributed by atoms with E-state index in [9.17, 15) is 4.79 Å². The molecule has 0 aromatic heterocycles. The predicted octanol–water partition coefficient (Wildman–Crippen LogP) is 4.62. The van der Waals surface area contributed by atoms with Crippen molar-refractivity contribution in [1.82, 2.24) is 0 Å². The number of carbonyl (C=O) groups excluding carboxylic acids is 1. The fourth-order valence-electron chi connectivity index (χ4n) is 2.10. The van der Waals surface area contributed by atoms with Crippen molar-refractivity contribution in [3.05, 3.63) is 58.6 Å². The zero-order chi connectivity index (χ0) is 13.2. The number of fused-ring (bicyclic) bond motifs is 1. The lowest BCUT2D eigenvalue weighted by molar-refractivity contribution is -0.116. The van der Waals surface area contributed by atoms with Crippen molar-refractivity contribution >= 4 is 39.3 Å². The highest BCUT2D eigenvalue weighted by Crippen LogP contribution is 2.43. The van der Waals surface area contributed by atoms with Gasteiger partial charge in [0, 0.05) is 21.0 Å². The zero-order valence-corrected chi connectivity index (χ0v) is 12.5. The van der Waals surface area contributed by atoms with Gasteiger partial charge in [0.2, 0.25) is 5.91 Å². The van der Waals surface area contributed by atoms with E-state index >= 15 is 0 Å². The van der Waals surface area contributed by atoms with Gasteiger partial charge in [0.05, 0.1) is 5.69 Å². The maximum atomic E-state index is 12.0. The second kappa shape index (κ2) is 5.39. The molecule has 1 aliphatic rings. The van der Waals surface area contributed by atoms with E-state index in [-0.39, 0.29) is 11.2 Å². The number of rotatable bonds is 1. The number of halogens is 1. The van der Waals surface area contributed by atoms with E-state index < -0.39 is 0 Å². The van der Waals surface area contributed by atoms with E-state index in [0.717, 1.165) is 15.1 Å². The van der Waals surface area contributed by atoms with Crippen molar-refractivity contribution in [3.63, 3.8) is 0 Å². The van der Waals surface area contributed by atoms with Crippen LogP contribution >= 0.6 is 27.7 Å². The number of thioether (sulfide) groups is 1. The van der Waals surface area contributed by atoms with Crippen LogP contribution in [0.5, 0.6) is 0 Å². The van der Waals surface area contributed by atoms with Crippen LogP contribution in [0.2, 0.25) is 0 Å². The third kappa shape index (κ3) is 2.85. The third-order valence-corrected chi connectivity index (χ3v) is 4.90. The molecule has 0 spiro atoms. The minimum atomic E-state index is 0.0744. The second-order valence-electron chi connectivity index (χ2n) is 4.41. The van der Waals surface area contributed by atoms with Crippen LogP contribution in [0, 0.1) is 0 Å². The highest BCUT2D eigenvalue weighted by atomic mass is 79.9. The van der Waals surface area contributed by atoms with Crippen molar-refractivity contribution < 1.29 is 4.79 Å². The standard InChI is InChI=1S/C15H12BrNOS/c16-11-7-5-10(6-8-11)14-9-15(18)17-12-3-1-2-4-13(12)19-14/h1-8,14H,9H2,(H,17,18). The van der Waals surface area contributed by atoms with Crippen molar-refractivity contribution in [2.75, 3.05) is 5.32 Å². The Labute approximate surface area is 124 Å². The molecule has 1 N–H and O–H groups in total. The van der Waals surface area contributed by atoms with Crippen LogP contribution in [-0.2, 0) is 4.79 Å². The average Bonchev–Trinajstić information content (AvgIpc) is 2.57. The summed E-state index contributed by atoms with van der Waals surface area (Å²) in [6, 6.07) is 16.1. The summed E-state index contributed by atoms with van der Waals surface area (Å²) < 4.78 is 1.06. The molecule has 0 saturated carbocycles. The molecule has 4 heteroatoms. The van der Waals surface area contributed by atoms with E-state index in [1.165, 1.54) is 5.56 Å².